The number of nitrogens with zero attached hydrogens (tertiary/aromatic N) is 3. The van der Waals surface area contributed by atoms with Crippen molar-refractivity contribution in [1.29, 1.82) is 0 Å². The van der Waals surface area contributed by atoms with Crippen LogP contribution in [-0.2, 0) is 4.79 Å². The van der Waals surface area contributed by atoms with Crippen LogP contribution in [-0.4, -0.2) is 44.9 Å². The molecule has 0 saturated heterocycles. The van der Waals surface area contributed by atoms with E-state index >= 15 is 0 Å². The number of aromatic amines is 1. The normalized spacial score (nSPS) is 11.1. The quantitative estimate of drug-likeness (QED) is 0.217. The van der Waals surface area contributed by atoms with Gasteiger partial charge < -0.3 is 14.6 Å². The van der Waals surface area contributed by atoms with Crippen LogP contribution in [0.25, 0.3) is 6.08 Å². The molecule has 11 heteroatoms. The van der Waals surface area contributed by atoms with Crippen LogP contribution in [0.2, 0.25) is 0 Å². The minimum Gasteiger partial charge on any atom is -0.493 e. The van der Waals surface area contributed by atoms with Crippen LogP contribution in [0.15, 0.2) is 34.8 Å². The maximum atomic E-state index is 11.6. The van der Waals surface area contributed by atoms with Crippen molar-refractivity contribution in [3.8, 4) is 11.5 Å². The molecule has 0 unspecified atom stereocenters. The lowest BCUT2D eigenvalue weighted by molar-refractivity contribution is -0.385. The van der Waals surface area contributed by atoms with Crippen LogP contribution < -0.4 is 9.47 Å². The van der Waals surface area contributed by atoms with Crippen LogP contribution in [0.1, 0.15) is 11.4 Å². The average Bonchev–Trinajstić information content (AvgIpc) is 3.04. The number of nitro benzene ring substituents is 1. The molecular formula is C16H16N4O6S. The molecule has 0 saturated carbocycles. The van der Waals surface area contributed by atoms with E-state index in [9.17, 15) is 20.0 Å². The van der Waals surface area contributed by atoms with Crippen molar-refractivity contribution in [3.05, 3.63) is 51.2 Å². The van der Waals surface area contributed by atoms with Crippen LogP contribution in [0.4, 0.5) is 5.69 Å². The Bertz CT molecular complexity index is 908. The zero-order valence-corrected chi connectivity index (χ0v) is 15.3. The van der Waals surface area contributed by atoms with E-state index in [1.54, 1.807) is 6.92 Å². The van der Waals surface area contributed by atoms with Crippen molar-refractivity contribution in [1.82, 2.24) is 15.2 Å². The number of aliphatic carboxylic acids is 1. The zero-order valence-electron chi connectivity index (χ0n) is 14.5. The molecule has 2 aromatic rings. The highest BCUT2D eigenvalue weighted by Crippen LogP contribution is 2.38. The Labute approximate surface area is 158 Å². The van der Waals surface area contributed by atoms with E-state index in [2.05, 4.69) is 21.8 Å². The number of aromatic nitrogens is 3. The van der Waals surface area contributed by atoms with Crippen molar-refractivity contribution in [2.24, 2.45) is 0 Å². The van der Waals surface area contributed by atoms with Crippen molar-refractivity contribution < 1.29 is 24.3 Å². The first-order valence-electron chi connectivity index (χ1n) is 7.47. The number of H-pyrrole nitrogens is 1. The van der Waals surface area contributed by atoms with Gasteiger partial charge in [0.2, 0.25) is 5.16 Å². The lowest BCUT2D eigenvalue weighted by atomic mass is 10.1. The predicted octanol–water partition coefficient (Wildman–Crippen LogP) is 2.81. The molecule has 1 heterocycles. The molecule has 1 aromatic carbocycles. The third-order valence-corrected chi connectivity index (χ3v) is 4.00. The van der Waals surface area contributed by atoms with Gasteiger partial charge in [0.1, 0.15) is 17.3 Å². The Morgan fingerprint density at radius 1 is 1.52 bits per heavy atom. The Morgan fingerprint density at radius 3 is 2.78 bits per heavy atom. The van der Waals surface area contributed by atoms with E-state index in [1.807, 2.05) is 0 Å². The summed E-state index contributed by atoms with van der Waals surface area (Å²) in [4.78, 5) is 26.1. The second-order valence-corrected chi connectivity index (χ2v) is 6.05. The van der Waals surface area contributed by atoms with Gasteiger partial charge in [0.25, 0.3) is 5.69 Å². The Morgan fingerprint density at radius 2 is 2.26 bits per heavy atom. The fourth-order valence-corrected chi connectivity index (χ4v) is 2.76. The molecule has 0 aliphatic carbocycles. The largest absolute Gasteiger partial charge is 0.493 e. The van der Waals surface area contributed by atoms with Crippen molar-refractivity contribution in [3.63, 3.8) is 0 Å². The van der Waals surface area contributed by atoms with Gasteiger partial charge >= 0.3 is 5.97 Å². The van der Waals surface area contributed by atoms with Gasteiger partial charge in [-0.15, -0.1) is 5.10 Å². The van der Waals surface area contributed by atoms with Gasteiger partial charge in [-0.3, -0.25) is 15.2 Å². The Kier molecular flexibility index (Phi) is 6.55. The fraction of sp³-hybridized carbons (Fsp3) is 0.188. The number of hydrogen-bond donors (Lipinski definition) is 2. The summed E-state index contributed by atoms with van der Waals surface area (Å²) in [5.41, 5.74) is -0.104. The summed E-state index contributed by atoms with van der Waals surface area (Å²) >= 11 is 0.794. The molecule has 10 nitrogen and oxygen atoms in total. The van der Waals surface area contributed by atoms with Gasteiger partial charge in [0, 0.05) is 11.6 Å². The number of methoxy groups -OCH3 is 1. The summed E-state index contributed by atoms with van der Waals surface area (Å²) in [6.07, 6.45) is 2.73. The summed E-state index contributed by atoms with van der Waals surface area (Å²) in [5, 5.41) is 27.4. The van der Waals surface area contributed by atoms with E-state index in [1.165, 1.54) is 31.4 Å². The number of carboxylic acid groups (broad SMARTS) is 1. The van der Waals surface area contributed by atoms with Gasteiger partial charge in [-0.2, -0.15) is 0 Å². The van der Waals surface area contributed by atoms with Crippen LogP contribution in [0.5, 0.6) is 11.5 Å². The smallest absolute Gasteiger partial charge is 0.342 e. The second kappa shape index (κ2) is 8.85. The number of carboxylic acids is 1. The lowest BCUT2D eigenvalue weighted by Gasteiger charge is -2.13. The van der Waals surface area contributed by atoms with E-state index in [-0.39, 0.29) is 39.4 Å². The van der Waals surface area contributed by atoms with E-state index < -0.39 is 10.9 Å². The molecule has 0 aliphatic heterocycles. The number of nitrogens with one attached hydrogen (secondary N) is 1. The van der Waals surface area contributed by atoms with Crippen LogP contribution in [0.3, 0.4) is 0 Å². The highest BCUT2D eigenvalue weighted by molar-refractivity contribution is 8.04. The number of nitro groups is 1. The summed E-state index contributed by atoms with van der Waals surface area (Å²) in [7, 11) is 1.33. The minimum absolute atomic E-state index is 0.0979. The van der Waals surface area contributed by atoms with Crippen molar-refractivity contribution in [2.45, 2.75) is 12.1 Å². The number of aryl methyl sites for hydroxylation is 1. The number of rotatable bonds is 9. The fourth-order valence-electron chi connectivity index (χ4n) is 2.01. The zero-order chi connectivity index (χ0) is 20.0. The third kappa shape index (κ3) is 5.07. The number of hydrogen-bond acceptors (Lipinski definition) is 8. The molecule has 2 N–H and O–H groups in total. The van der Waals surface area contributed by atoms with Crippen LogP contribution >= 0.6 is 11.8 Å². The predicted molar refractivity (Wildman–Crippen MR) is 97.9 cm³/mol. The topological polar surface area (TPSA) is 140 Å². The molecular weight excluding hydrogens is 376 g/mol. The molecule has 0 bridgehead atoms. The van der Waals surface area contributed by atoms with Gasteiger partial charge in [-0.25, -0.2) is 9.78 Å². The van der Waals surface area contributed by atoms with E-state index in [0.29, 0.717) is 5.82 Å². The Balaban J connectivity index is 2.57. The monoisotopic (exact) mass is 392 g/mol. The summed E-state index contributed by atoms with van der Waals surface area (Å²) < 4.78 is 10.7. The molecule has 27 heavy (non-hydrogen) atoms. The summed E-state index contributed by atoms with van der Waals surface area (Å²) in [6, 6.07) is 2.40. The second-order valence-electron chi connectivity index (χ2n) is 5.04. The van der Waals surface area contributed by atoms with Crippen molar-refractivity contribution >= 4 is 29.5 Å². The molecule has 0 spiro atoms. The molecule has 142 valence electrons. The first-order valence-corrected chi connectivity index (χ1v) is 8.29. The lowest BCUT2D eigenvalue weighted by Crippen LogP contribution is -2.02. The van der Waals surface area contributed by atoms with E-state index in [0.717, 1.165) is 11.8 Å². The number of ether oxygens (including phenoxy) is 2. The highest BCUT2D eigenvalue weighted by Gasteiger charge is 2.20. The minimum atomic E-state index is -1.25. The molecule has 0 radical (unpaired) electrons. The van der Waals surface area contributed by atoms with Gasteiger partial charge in [0.05, 0.1) is 18.1 Å². The van der Waals surface area contributed by atoms with E-state index in [4.69, 9.17) is 9.47 Å². The third-order valence-electron chi connectivity index (χ3n) is 3.12. The first kappa shape index (κ1) is 20.0. The van der Waals surface area contributed by atoms with Gasteiger partial charge in [0.15, 0.2) is 11.5 Å². The summed E-state index contributed by atoms with van der Waals surface area (Å²) in [5.74, 6) is -0.467. The summed E-state index contributed by atoms with van der Waals surface area (Å²) in [6.45, 7) is 5.32. The molecule has 0 aliphatic rings. The standard InChI is InChI=1S/C16H16N4O6S/c1-4-5-26-14-10(6-11(20(23)24)8-12(14)25-3)7-13(15(21)22)27-16-17-9(2)18-19-16/h4,6-8H,1,5H2,2-3H3,(H,21,22)(H,17,18,19)/b13-7+. The molecule has 0 atom stereocenters. The van der Waals surface area contributed by atoms with Gasteiger partial charge in [-0.05, 0) is 24.8 Å². The van der Waals surface area contributed by atoms with Crippen molar-refractivity contribution in [2.75, 3.05) is 13.7 Å². The molecule has 2 rings (SSSR count). The number of non-ortho nitro benzene ring substituents is 1. The molecule has 1 aromatic heterocycles. The average molecular weight is 392 g/mol. The SMILES string of the molecule is C=CCOc1c(/C=C(/Sc2n[nH]c(C)n2)C(=O)O)cc([N+](=O)[O-])cc1OC. The van der Waals surface area contributed by atoms with Gasteiger partial charge in [-0.1, -0.05) is 12.7 Å². The van der Waals surface area contributed by atoms with Crippen LogP contribution in [0, 0.1) is 17.0 Å². The maximum Gasteiger partial charge on any atom is 0.342 e. The maximum absolute atomic E-state index is 11.6. The Hall–Kier alpha value is -3.34. The number of benzene rings is 1. The number of carbonyl (C=O) groups is 1. The number of thioether (sulfide) groups is 1. The highest BCUT2D eigenvalue weighted by atomic mass is 32.2. The molecule has 0 fully saturated rings. The first-order chi connectivity index (χ1) is 12.8. The molecule has 0 amide bonds.